The van der Waals surface area contributed by atoms with E-state index in [9.17, 15) is 23.1 Å². The van der Waals surface area contributed by atoms with Crippen LogP contribution in [0.5, 0.6) is 0 Å². The number of nitrogens with two attached hydrogens (primary N) is 1. The topological polar surface area (TPSA) is 140 Å². The van der Waals surface area contributed by atoms with E-state index in [0.29, 0.717) is 39.1 Å². The fourth-order valence-corrected chi connectivity index (χ4v) is 4.32. The predicted molar refractivity (Wildman–Crippen MR) is 107 cm³/mol. The van der Waals surface area contributed by atoms with Gasteiger partial charge < -0.3 is 25.2 Å². The number of nitrogen functional groups attached to an aromatic ring is 1. The van der Waals surface area contributed by atoms with Crippen molar-refractivity contribution < 1.29 is 32.5 Å². The van der Waals surface area contributed by atoms with Crippen molar-refractivity contribution in [3.63, 3.8) is 0 Å². The van der Waals surface area contributed by atoms with Gasteiger partial charge in [-0.2, -0.15) is 18.2 Å². The fourth-order valence-electron chi connectivity index (χ4n) is 4.32. The Morgan fingerprint density at radius 3 is 2.64 bits per heavy atom. The fraction of sp³-hybridized carbons (Fsp3) is 0.526. The maximum atomic E-state index is 13.7. The van der Waals surface area contributed by atoms with Crippen LogP contribution in [0.4, 0.5) is 35.7 Å². The predicted octanol–water partition coefficient (Wildman–Crippen LogP) is 1.22. The van der Waals surface area contributed by atoms with Crippen molar-refractivity contribution in [2.45, 2.75) is 37.3 Å². The summed E-state index contributed by atoms with van der Waals surface area (Å²) in [5.74, 6) is -0.330. The molecule has 2 aromatic heterocycles. The van der Waals surface area contributed by atoms with Gasteiger partial charge in [-0.15, -0.1) is 0 Å². The Kier molecular flexibility index (Phi) is 5.20. The molecule has 14 heteroatoms. The summed E-state index contributed by atoms with van der Waals surface area (Å²) >= 11 is 0. The van der Waals surface area contributed by atoms with E-state index in [-0.39, 0.29) is 17.5 Å². The molecule has 3 atom stereocenters. The lowest BCUT2D eigenvalue weighted by Crippen LogP contribution is -2.39. The van der Waals surface area contributed by atoms with Crippen LogP contribution < -0.4 is 15.5 Å². The zero-order valence-electron chi connectivity index (χ0n) is 17.2. The monoisotopic (exact) mass is 467 g/mol. The van der Waals surface area contributed by atoms with Gasteiger partial charge in [0.25, 0.3) is 0 Å². The Hall–Kier alpha value is -3.26. The quantitative estimate of drug-likeness (QED) is 0.677. The van der Waals surface area contributed by atoms with Crippen LogP contribution >= 0.6 is 0 Å². The molecule has 1 aliphatic carbocycles. The van der Waals surface area contributed by atoms with Gasteiger partial charge in [-0.25, -0.2) is 19.7 Å². The van der Waals surface area contributed by atoms with Gasteiger partial charge >= 0.3 is 12.3 Å². The summed E-state index contributed by atoms with van der Waals surface area (Å²) in [4.78, 5) is 31.5. The number of hydrogen-bond acceptors (Lipinski definition) is 10. The largest absolute Gasteiger partial charge is 0.441 e. The van der Waals surface area contributed by atoms with Crippen molar-refractivity contribution in [2.24, 2.45) is 0 Å². The molecule has 2 aromatic rings. The van der Waals surface area contributed by atoms with E-state index in [1.54, 1.807) is 4.90 Å². The van der Waals surface area contributed by atoms with E-state index < -0.39 is 47.7 Å². The van der Waals surface area contributed by atoms with Gasteiger partial charge in [-0.05, 0) is 12.8 Å². The number of alkyl halides is 3. The van der Waals surface area contributed by atoms with Crippen LogP contribution in [0.1, 0.15) is 18.5 Å². The molecule has 1 amide bonds. The molecule has 2 saturated heterocycles. The Bertz CT molecular complexity index is 1080. The number of hydrogen-bond donors (Lipinski definition) is 2. The highest BCUT2D eigenvalue weighted by molar-refractivity contribution is 5.91. The maximum Gasteiger partial charge on any atom is 0.434 e. The second-order valence-corrected chi connectivity index (χ2v) is 7.93. The summed E-state index contributed by atoms with van der Waals surface area (Å²) in [6.45, 7) is 1.62. The van der Waals surface area contributed by atoms with Gasteiger partial charge in [-0.1, -0.05) is 0 Å². The summed E-state index contributed by atoms with van der Waals surface area (Å²) in [5.41, 5.74) is 3.63. The van der Waals surface area contributed by atoms with E-state index in [4.69, 9.17) is 15.2 Å². The second kappa shape index (κ2) is 7.95. The number of morpholine rings is 1. The molecule has 3 fully saturated rings. The van der Waals surface area contributed by atoms with Crippen molar-refractivity contribution in [1.29, 1.82) is 0 Å². The van der Waals surface area contributed by atoms with E-state index >= 15 is 0 Å². The molecule has 1 saturated carbocycles. The summed E-state index contributed by atoms with van der Waals surface area (Å²) < 4.78 is 51.8. The summed E-state index contributed by atoms with van der Waals surface area (Å²) in [5, 5.41) is 10.1. The molecule has 0 aromatic carbocycles. The second-order valence-electron chi connectivity index (χ2n) is 7.93. The van der Waals surface area contributed by atoms with Crippen LogP contribution in [-0.2, 0) is 15.7 Å². The zero-order valence-corrected chi connectivity index (χ0v) is 17.2. The van der Waals surface area contributed by atoms with E-state index in [1.165, 1.54) is 11.0 Å². The lowest BCUT2D eigenvalue weighted by Gasteiger charge is -2.28. The Morgan fingerprint density at radius 1 is 1.15 bits per heavy atom. The van der Waals surface area contributed by atoms with Crippen molar-refractivity contribution in [3.8, 4) is 11.3 Å². The van der Waals surface area contributed by atoms with Gasteiger partial charge in [0, 0.05) is 30.9 Å². The van der Waals surface area contributed by atoms with E-state index in [2.05, 4.69) is 19.9 Å². The first-order valence-electron chi connectivity index (χ1n) is 10.3. The Labute approximate surface area is 185 Å². The molecule has 4 heterocycles. The smallest absolute Gasteiger partial charge is 0.434 e. The third-order valence-electron chi connectivity index (χ3n) is 5.88. The number of ether oxygens (including phenoxy) is 2. The van der Waals surface area contributed by atoms with Gasteiger partial charge in [0.2, 0.25) is 11.9 Å². The van der Waals surface area contributed by atoms with Crippen LogP contribution in [-0.4, -0.2) is 75.7 Å². The number of carbonyl (C=O) groups excluding carboxylic acids is 1. The zero-order chi connectivity index (χ0) is 23.3. The molecule has 3 N–H and O–H groups in total. The van der Waals surface area contributed by atoms with Gasteiger partial charge in [0.1, 0.15) is 5.82 Å². The molecular weight excluding hydrogens is 447 g/mol. The highest BCUT2D eigenvalue weighted by Crippen LogP contribution is 2.40. The van der Waals surface area contributed by atoms with Gasteiger partial charge in [0.05, 0.1) is 31.1 Å². The van der Waals surface area contributed by atoms with Crippen molar-refractivity contribution >= 4 is 23.8 Å². The molecule has 33 heavy (non-hydrogen) atoms. The van der Waals surface area contributed by atoms with E-state index in [1.807, 2.05) is 0 Å². The number of aliphatic hydroxyl groups is 1. The first-order chi connectivity index (χ1) is 15.7. The maximum absolute atomic E-state index is 13.7. The number of aromatic nitrogens is 4. The number of rotatable bonds is 3. The van der Waals surface area contributed by atoms with E-state index in [0.717, 1.165) is 6.20 Å². The summed E-state index contributed by atoms with van der Waals surface area (Å²) in [6, 6.07) is 0.778. The van der Waals surface area contributed by atoms with Crippen molar-refractivity contribution in [1.82, 2.24) is 19.9 Å². The normalized spacial score (nSPS) is 25.3. The molecule has 0 bridgehead atoms. The first kappa shape index (κ1) is 21.6. The Balaban J connectivity index is 1.64. The standard InChI is InChI=1S/C19H20F3N7O4/c20-19(21,22)15-9(8-24-16(23)27-15)10-7-13(26-17(25-10)28-3-5-32-6-4-28)29-11-1-2-12(30)14(11)33-18(29)31/h7-8,11-12,14,30H,1-6H2,(H2,23,24,27). The average molecular weight is 467 g/mol. The highest BCUT2D eigenvalue weighted by Gasteiger charge is 2.51. The van der Waals surface area contributed by atoms with Gasteiger partial charge in [0.15, 0.2) is 11.8 Å². The third kappa shape index (κ3) is 3.88. The van der Waals surface area contributed by atoms with Crippen molar-refractivity contribution in [3.05, 3.63) is 18.0 Å². The lowest BCUT2D eigenvalue weighted by molar-refractivity contribution is -0.140. The molecule has 0 spiro atoms. The molecule has 11 nitrogen and oxygen atoms in total. The molecule has 3 unspecified atom stereocenters. The Morgan fingerprint density at radius 2 is 1.91 bits per heavy atom. The number of fused-ring (bicyclic) bond motifs is 1. The number of carbonyl (C=O) groups is 1. The van der Waals surface area contributed by atoms with Crippen LogP contribution in [0.25, 0.3) is 11.3 Å². The molecule has 2 aliphatic heterocycles. The van der Waals surface area contributed by atoms with Gasteiger partial charge in [-0.3, -0.25) is 4.90 Å². The molecule has 3 aliphatic rings. The number of amides is 1. The van der Waals surface area contributed by atoms with Crippen LogP contribution in [0.2, 0.25) is 0 Å². The molecule has 176 valence electrons. The summed E-state index contributed by atoms with van der Waals surface area (Å²) in [7, 11) is 0. The van der Waals surface area contributed by atoms with Crippen LogP contribution in [0, 0.1) is 0 Å². The highest BCUT2D eigenvalue weighted by atomic mass is 19.4. The number of nitrogens with zero attached hydrogens (tertiary/aromatic N) is 6. The number of aliphatic hydroxyl groups excluding tert-OH is 1. The third-order valence-corrected chi connectivity index (χ3v) is 5.88. The minimum atomic E-state index is -4.82. The summed E-state index contributed by atoms with van der Waals surface area (Å²) in [6.07, 6.45) is -5.25. The molecule has 0 radical (unpaired) electrons. The minimum absolute atomic E-state index is 0.0676. The lowest BCUT2D eigenvalue weighted by atomic mass is 10.1. The average Bonchev–Trinajstić information content (AvgIpc) is 3.31. The van der Waals surface area contributed by atoms with Crippen LogP contribution in [0.3, 0.4) is 0 Å². The number of halogens is 3. The number of anilines is 3. The molecular formula is C19H20F3N7O4. The van der Waals surface area contributed by atoms with Crippen molar-refractivity contribution in [2.75, 3.05) is 41.8 Å². The SMILES string of the molecule is Nc1ncc(-c2cc(N3C(=O)OC4C(O)CCC43)nc(N3CCOCC3)n2)c(C(F)(F)F)n1. The first-order valence-corrected chi connectivity index (χ1v) is 10.3. The van der Waals surface area contributed by atoms with Crippen LogP contribution in [0.15, 0.2) is 12.3 Å². The minimum Gasteiger partial charge on any atom is -0.441 e. The molecule has 5 rings (SSSR count).